The molecule has 3 heteroatoms. The van der Waals surface area contributed by atoms with E-state index >= 15 is 0 Å². The van der Waals surface area contributed by atoms with Crippen molar-refractivity contribution in [3.63, 3.8) is 0 Å². The maximum absolute atomic E-state index is 12.8. The van der Waals surface area contributed by atoms with E-state index in [1.807, 2.05) is 0 Å². The number of benzene rings is 1. The van der Waals surface area contributed by atoms with Crippen LogP contribution in [0.4, 0.5) is 0 Å². The van der Waals surface area contributed by atoms with Crippen LogP contribution in [-0.2, 0) is 6.42 Å². The quantitative estimate of drug-likeness (QED) is 0.810. The highest BCUT2D eigenvalue weighted by molar-refractivity contribution is 6.01. The minimum absolute atomic E-state index is 0.0810. The van der Waals surface area contributed by atoms with Crippen molar-refractivity contribution < 1.29 is 9.53 Å². The molecular weight excluding hydrogens is 262 g/mol. The van der Waals surface area contributed by atoms with Gasteiger partial charge in [-0.25, -0.2) is 4.98 Å². The Hall–Kier alpha value is -2.16. The number of carbonyl (C=O) groups is 1. The number of methoxy groups -OCH3 is 1. The largest absolute Gasteiger partial charge is 0.494 e. The maximum atomic E-state index is 12.8. The van der Waals surface area contributed by atoms with Crippen molar-refractivity contribution in [1.29, 1.82) is 0 Å². The summed E-state index contributed by atoms with van der Waals surface area (Å²) in [4.78, 5) is 17.1. The van der Waals surface area contributed by atoms with Crippen molar-refractivity contribution >= 4 is 5.78 Å². The highest BCUT2D eigenvalue weighted by atomic mass is 16.5. The number of carbonyl (C=O) groups excluding carboxylic acids is 1. The number of rotatable bonds is 3. The van der Waals surface area contributed by atoms with Gasteiger partial charge in [0.1, 0.15) is 11.4 Å². The van der Waals surface area contributed by atoms with Crippen LogP contribution < -0.4 is 4.74 Å². The van der Waals surface area contributed by atoms with Crippen LogP contribution in [0.2, 0.25) is 0 Å². The van der Waals surface area contributed by atoms with Gasteiger partial charge in [-0.2, -0.15) is 0 Å². The van der Waals surface area contributed by atoms with Crippen molar-refractivity contribution in [3.05, 3.63) is 59.4 Å². The van der Waals surface area contributed by atoms with Gasteiger partial charge in [-0.1, -0.05) is 24.3 Å². The predicted octanol–water partition coefficient (Wildman–Crippen LogP) is 3.25. The Balaban J connectivity index is 1.67. The predicted molar refractivity (Wildman–Crippen MR) is 79.6 cm³/mol. The van der Waals surface area contributed by atoms with Crippen LogP contribution in [-0.4, -0.2) is 17.9 Å². The monoisotopic (exact) mass is 279 g/mol. The van der Waals surface area contributed by atoms with Crippen molar-refractivity contribution in [1.82, 2.24) is 4.98 Å². The summed E-state index contributed by atoms with van der Waals surface area (Å²) in [6, 6.07) is 12.1. The Bertz CT molecular complexity index is 710. The van der Waals surface area contributed by atoms with E-state index in [0.717, 1.165) is 12.8 Å². The molecule has 0 aliphatic heterocycles. The van der Waals surface area contributed by atoms with E-state index < -0.39 is 0 Å². The second kappa shape index (κ2) is 4.69. The Morgan fingerprint density at radius 1 is 1.24 bits per heavy atom. The minimum Gasteiger partial charge on any atom is -0.494 e. The molecule has 0 bridgehead atoms. The van der Waals surface area contributed by atoms with Gasteiger partial charge < -0.3 is 4.74 Å². The molecule has 106 valence electrons. The molecule has 0 amide bonds. The standard InChI is InChI=1S/C18H17NO2/c1-21-14-7-4-10-19-17(14)18(20)16-13-9-8-11-5-2-3-6-12(11)15(13)16/h2-7,10,13,15-16H,8-9H2,1H3. The number of aryl methyl sites for hydroxylation is 1. The Labute approximate surface area is 124 Å². The molecule has 4 rings (SSSR count). The average molecular weight is 279 g/mol. The molecule has 0 saturated heterocycles. The van der Waals surface area contributed by atoms with E-state index in [1.165, 1.54) is 11.1 Å². The highest BCUT2D eigenvalue weighted by Crippen LogP contribution is 2.60. The lowest BCUT2D eigenvalue weighted by Gasteiger charge is -2.13. The normalized spacial score (nSPS) is 25.7. The summed E-state index contributed by atoms with van der Waals surface area (Å²) in [5, 5.41) is 0. The summed E-state index contributed by atoms with van der Waals surface area (Å²) in [7, 11) is 1.59. The molecule has 3 atom stereocenters. The molecule has 3 nitrogen and oxygen atoms in total. The zero-order chi connectivity index (χ0) is 14.4. The first-order chi connectivity index (χ1) is 10.3. The van der Waals surface area contributed by atoms with Crippen molar-refractivity contribution in [3.8, 4) is 5.75 Å². The van der Waals surface area contributed by atoms with Gasteiger partial charge in [-0.15, -0.1) is 0 Å². The molecule has 0 spiro atoms. The van der Waals surface area contributed by atoms with Gasteiger partial charge in [0.2, 0.25) is 0 Å². The number of hydrogen-bond donors (Lipinski definition) is 0. The topological polar surface area (TPSA) is 39.2 Å². The number of Topliss-reactive ketones (excluding diaryl/α,β-unsaturated/α-hetero) is 1. The second-order valence-electron chi connectivity index (χ2n) is 5.87. The van der Waals surface area contributed by atoms with Crippen LogP contribution in [0.15, 0.2) is 42.6 Å². The molecule has 1 saturated carbocycles. The smallest absolute Gasteiger partial charge is 0.188 e. The molecule has 2 aliphatic rings. The second-order valence-corrected chi connectivity index (χ2v) is 5.87. The molecular formula is C18H17NO2. The zero-order valence-corrected chi connectivity index (χ0v) is 12.0. The van der Waals surface area contributed by atoms with Crippen molar-refractivity contribution in [2.24, 2.45) is 11.8 Å². The number of fused-ring (bicyclic) bond motifs is 3. The third-order valence-electron chi connectivity index (χ3n) is 4.86. The van der Waals surface area contributed by atoms with Crippen molar-refractivity contribution in [2.45, 2.75) is 18.8 Å². The lowest BCUT2D eigenvalue weighted by Crippen LogP contribution is -2.08. The van der Waals surface area contributed by atoms with Crippen molar-refractivity contribution in [2.75, 3.05) is 7.11 Å². The number of pyridine rings is 1. The van der Waals surface area contributed by atoms with Crippen LogP contribution in [0.3, 0.4) is 0 Å². The van der Waals surface area contributed by atoms with Gasteiger partial charge in [-0.05, 0) is 47.9 Å². The Kier molecular flexibility index (Phi) is 2.81. The molecule has 0 N–H and O–H groups in total. The summed E-state index contributed by atoms with van der Waals surface area (Å²) in [6.45, 7) is 0. The first kappa shape index (κ1) is 12.6. The molecule has 21 heavy (non-hydrogen) atoms. The van der Waals surface area contributed by atoms with Gasteiger partial charge in [0.15, 0.2) is 5.78 Å². The van der Waals surface area contributed by atoms with E-state index in [-0.39, 0.29) is 11.7 Å². The van der Waals surface area contributed by atoms with Gasteiger partial charge in [-0.3, -0.25) is 4.79 Å². The van der Waals surface area contributed by atoms with E-state index in [1.54, 1.807) is 25.4 Å². The first-order valence-corrected chi connectivity index (χ1v) is 7.42. The number of ketones is 1. The van der Waals surface area contributed by atoms with Crippen LogP contribution in [0, 0.1) is 11.8 Å². The number of ether oxygens (including phenoxy) is 1. The fourth-order valence-corrected chi connectivity index (χ4v) is 3.82. The molecule has 2 aliphatic carbocycles. The summed E-state index contributed by atoms with van der Waals surface area (Å²) < 4.78 is 5.28. The summed E-state index contributed by atoms with van der Waals surface area (Å²) in [6.07, 6.45) is 3.85. The third-order valence-corrected chi connectivity index (χ3v) is 4.86. The minimum atomic E-state index is 0.0810. The maximum Gasteiger partial charge on any atom is 0.188 e. The van der Waals surface area contributed by atoms with E-state index in [2.05, 4.69) is 29.2 Å². The number of nitrogens with zero attached hydrogens (tertiary/aromatic N) is 1. The van der Waals surface area contributed by atoms with Gasteiger partial charge in [0, 0.05) is 12.1 Å². The van der Waals surface area contributed by atoms with Gasteiger partial charge in [0.25, 0.3) is 0 Å². The molecule has 1 heterocycles. The molecule has 1 fully saturated rings. The first-order valence-electron chi connectivity index (χ1n) is 7.42. The zero-order valence-electron chi connectivity index (χ0n) is 12.0. The summed E-state index contributed by atoms with van der Waals surface area (Å²) in [5.41, 5.74) is 3.25. The van der Waals surface area contributed by atoms with Gasteiger partial charge in [0.05, 0.1) is 7.11 Å². The molecule has 3 unspecified atom stereocenters. The Morgan fingerprint density at radius 2 is 2.10 bits per heavy atom. The van der Waals surface area contributed by atoms with E-state index in [4.69, 9.17) is 4.74 Å². The SMILES string of the molecule is COc1cccnc1C(=O)C1C2CCc3ccccc3C21. The number of aromatic nitrogens is 1. The van der Waals surface area contributed by atoms with Crippen LogP contribution in [0.5, 0.6) is 5.75 Å². The lowest BCUT2D eigenvalue weighted by atomic mass is 9.92. The number of hydrogen-bond acceptors (Lipinski definition) is 3. The molecule has 1 aromatic carbocycles. The van der Waals surface area contributed by atoms with E-state index in [9.17, 15) is 4.79 Å². The van der Waals surface area contributed by atoms with Crippen LogP contribution in [0.25, 0.3) is 0 Å². The molecule has 2 aromatic rings. The Morgan fingerprint density at radius 3 is 2.95 bits per heavy atom. The lowest BCUT2D eigenvalue weighted by molar-refractivity contribution is 0.0951. The summed E-state index contributed by atoms with van der Waals surface area (Å²) in [5.74, 6) is 1.67. The van der Waals surface area contributed by atoms with Crippen LogP contribution >= 0.6 is 0 Å². The summed E-state index contributed by atoms with van der Waals surface area (Å²) >= 11 is 0. The fraction of sp³-hybridized carbons (Fsp3) is 0.333. The average Bonchev–Trinajstić information content (AvgIpc) is 3.29. The fourth-order valence-electron chi connectivity index (χ4n) is 3.82. The highest BCUT2D eigenvalue weighted by Gasteiger charge is 2.57. The van der Waals surface area contributed by atoms with E-state index in [0.29, 0.717) is 23.3 Å². The van der Waals surface area contributed by atoms with Gasteiger partial charge >= 0.3 is 0 Å². The molecule has 0 radical (unpaired) electrons. The molecule has 1 aromatic heterocycles. The third kappa shape index (κ3) is 1.88. The van der Waals surface area contributed by atoms with Crippen LogP contribution in [0.1, 0.15) is 34.0 Å².